The van der Waals surface area contributed by atoms with Gasteiger partial charge in [0, 0.05) is 19.8 Å². The van der Waals surface area contributed by atoms with Crippen molar-refractivity contribution in [2.24, 2.45) is 0 Å². The highest BCUT2D eigenvalue weighted by atomic mass is 16.5. The third-order valence-electron chi connectivity index (χ3n) is 1.64. The maximum Gasteiger partial charge on any atom is 0.358 e. The maximum atomic E-state index is 10.5. The van der Waals surface area contributed by atoms with Gasteiger partial charge in [-0.15, -0.1) is 5.10 Å². The molecule has 78 valence electrons. The van der Waals surface area contributed by atoms with Crippen LogP contribution in [0, 0.1) is 0 Å². The first kappa shape index (κ1) is 10.6. The monoisotopic (exact) mass is 199 g/mol. The van der Waals surface area contributed by atoms with Crippen molar-refractivity contribution in [2.75, 3.05) is 13.2 Å². The highest BCUT2D eigenvalue weighted by Gasteiger charge is 2.07. The largest absolute Gasteiger partial charge is 0.476 e. The van der Waals surface area contributed by atoms with Gasteiger partial charge in [-0.1, -0.05) is 5.21 Å². The van der Waals surface area contributed by atoms with Crippen LogP contribution in [0.4, 0.5) is 0 Å². The van der Waals surface area contributed by atoms with E-state index in [1.807, 2.05) is 6.92 Å². The Hall–Kier alpha value is -1.43. The quantitative estimate of drug-likeness (QED) is 0.671. The Morgan fingerprint density at radius 3 is 3.07 bits per heavy atom. The first-order valence-corrected chi connectivity index (χ1v) is 4.45. The molecule has 0 saturated carbocycles. The number of carbonyl (C=O) groups is 1. The van der Waals surface area contributed by atoms with E-state index in [4.69, 9.17) is 9.84 Å². The molecule has 1 heterocycles. The lowest BCUT2D eigenvalue weighted by Crippen LogP contribution is -2.03. The lowest BCUT2D eigenvalue weighted by atomic mass is 10.4. The molecule has 0 aliphatic carbocycles. The summed E-state index contributed by atoms with van der Waals surface area (Å²) in [6, 6.07) is 0. The molecular formula is C8H13N3O3. The summed E-state index contributed by atoms with van der Waals surface area (Å²) in [5, 5.41) is 15.7. The van der Waals surface area contributed by atoms with Gasteiger partial charge >= 0.3 is 5.97 Å². The minimum atomic E-state index is -1.05. The normalized spacial score (nSPS) is 10.4. The van der Waals surface area contributed by atoms with Crippen LogP contribution in [0.3, 0.4) is 0 Å². The van der Waals surface area contributed by atoms with E-state index in [1.54, 1.807) is 0 Å². The topological polar surface area (TPSA) is 77.2 Å². The predicted molar refractivity (Wildman–Crippen MR) is 48.1 cm³/mol. The number of aryl methyl sites for hydroxylation is 1. The van der Waals surface area contributed by atoms with Gasteiger partial charge in [-0.3, -0.25) is 4.68 Å². The first-order valence-electron chi connectivity index (χ1n) is 4.45. The zero-order valence-electron chi connectivity index (χ0n) is 8.01. The summed E-state index contributed by atoms with van der Waals surface area (Å²) in [4.78, 5) is 10.5. The number of nitrogens with zero attached hydrogens (tertiary/aromatic N) is 3. The van der Waals surface area contributed by atoms with Crippen molar-refractivity contribution >= 4 is 5.97 Å². The fraction of sp³-hybridized carbons (Fsp3) is 0.625. The van der Waals surface area contributed by atoms with Crippen molar-refractivity contribution in [2.45, 2.75) is 19.9 Å². The molecule has 0 saturated heterocycles. The van der Waals surface area contributed by atoms with Crippen molar-refractivity contribution in [3.05, 3.63) is 11.9 Å². The molecule has 0 aliphatic heterocycles. The van der Waals surface area contributed by atoms with Crippen molar-refractivity contribution in [3.63, 3.8) is 0 Å². The molecule has 6 nitrogen and oxygen atoms in total. The van der Waals surface area contributed by atoms with Crippen LogP contribution >= 0.6 is 0 Å². The molecule has 0 fully saturated rings. The molecule has 0 amide bonds. The van der Waals surface area contributed by atoms with Crippen LogP contribution < -0.4 is 0 Å². The Bertz CT molecular complexity index is 298. The number of hydrogen-bond donors (Lipinski definition) is 1. The number of aromatic nitrogens is 3. The molecule has 1 N–H and O–H groups in total. The second-order valence-electron chi connectivity index (χ2n) is 2.72. The highest BCUT2D eigenvalue weighted by Crippen LogP contribution is 1.94. The summed E-state index contributed by atoms with van der Waals surface area (Å²) < 4.78 is 6.63. The van der Waals surface area contributed by atoms with Crippen LogP contribution in [0.25, 0.3) is 0 Å². The van der Waals surface area contributed by atoms with Crippen LogP contribution in [0.15, 0.2) is 6.20 Å². The van der Waals surface area contributed by atoms with Crippen LogP contribution in [-0.2, 0) is 11.3 Å². The van der Waals surface area contributed by atoms with Gasteiger partial charge < -0.3 is 9.84 Å². The molecule has 0 radical (unpaired) electrons. The van der Waals surface area contributed by atoms with Gasteiger partial charge in [0.15, 0.2) is 5.69 Å². The van der Waals surface area contributed by atoms with E-state index in [-0.39, 0.29) is 5.69 Å². The lowest BCUT2D eigenvalue weighted by molar-refractivity contribution is 0.0690. The molecule has 0 aliphatic rings. The summed E-state index contributed by atoms with van der Waals surface area (Å²) in [5.41, 5.74) is -0.0265. The van der Waals surface area contributed by atoms with Gasteiger partial charge in [-0.05, 0) is 13.3 Å². The average Bonchev–Trinajstić information content (AvgIpc) is 2.61. The zero-order valence-corrected chi connectivity index (χ0v) is 8.01. The average molecular weight is 199 g/mol. The van der Waals surface area contributed by atoms with E-state index in [0.717, 1.165) is 6.42 Å². The number of aromatic carboxylic acids is 1. The molecular weight excluding hydrogens is 186 g/mol. The summed E-state index contributed by atoms with van der Waals surface area (Å²) in [5.74, 6) is -1.05. The smallest absolute Gasteiger partial charge is 0.358 e. The Kier molecular flexibility index (Phi) is 4.06. The molecule has 1 rings (SSSR count). The second kappa shape index (κ2) is 5.33. The van der Waals surface area contributed by atoms with Crippen LogP contribution in [0.5, 0.6) is 0 Å². The molecule has 1 aromatic rings. The Morgan fingerprint density at radius 2 is 2.50 bits per heavy atom. The molecule has 14 heavy (non-hydrogen) atoms. The number of hydrogen-bond acceptors (Lipinski definition) is 4. The summed E-state index contributed by atoms with van der Waals surface area (Å²) in [6.45, 7) is 3.90. The Balaban J connectivity index is 2.33. The van der Waals surface area contributed by atoms with E-state index < -0.39 is 5.97 Å². The van der Waals surface area contributed by atoms with Gasteiger partial charge in [0.25, 0.3) is 0 Å². The van der Waals surface area contributed by atoms with Gasteiger partial charge in [0.05, 0.1) is 6.20 Å². The molecule has 0 aromatic carbocycles. The van der Waals surface area contributed by atoms with E-state index in [2.05, 4.69) is 10.3 Å². The minimum absolute atomic E-state index is 0.0265. The number of ether oxygens (including phenoxy) is 1. The van der Waals surface area contributed by atoms with Crippen LogP contribution in [-0.4, -0.2) is 39.3 Å². The third kappa shape index (κ3) is 3.14. The van der Waals surface area contributed by atoms with E-state index in [0.29, 0.717) is 19.8 Å². The minimum Gasteiger partial charge on any atom is -0.476 e. The predicted octanol–water partition coefficient (Wildman–Crippen LogP) is 0.403. The summed E-state index contributed by atoms with van der Waals surface area (Å²) in [6.07, 6.45) is 2.21. The molecule has 6 heteroatoms. The number of carboxylic acids is 1. The molecule has 0 atom stereocenters. The highest BCUT2D eigenvalue weighted by molar-refractivity contribution is 5.84. The van der Waals surface area contributed by atoms with Crippen molar-refractivity contribution in [1.82, 2.24) is 15.0 Å². The van der Waals surface area contributed by atoms with E-state index in [1.165, 1.54) is 10.9 Å². The number of rotatable bonds is 6. The SMILES string of the molecule is CCOCCCn1cc(C(=O)O)nn1. The maximum absolute atomic E-state index is 10.5. The summed E-state index contributed by atoms with van der Waals surface area (Å²) >= 11 is 0. The van der Waals surface area contributed by atoms with Crippen LogP contribution in [0.2, 0.25) is 0 Å². The van der Waals surface area contributed by atoms with E-state index >= 15 is 0 Å². The van der Waals surface area contributed by atoms with Gasteiger partial charge in [-0.25, -0.2) is 4.79 Å². The van der Waals surface area contributed by atoms with Gasteiger partial charge in [0.2, 0.25) is 0 Å². The summed E-state index contributed by atoms with van der Waals surface area (Å²) in [7, 11) is 0. The van der Waals surface area contributed by atoms with Crippen LogP contribution in [0.1, 0.15) is 23.8 Å². The molecule has 1 aromatic heterocycles. The fourth-order valence-electron chi connectivity index (χ4n) is 0.979. The van der Waals surface area contributed by atoms with Crippen molar-refractivity contribution < 1.29 is 14.6 Å². The van der Waals surface area contributed by atoms with Crippen molar-refractivity contribution in [1.29, 1.82) is 0 Å². The van der Waals surface area contributed by atoms with E-state index in [9.17, 15) is 4.79 Å². The molecule has 0 spiro atoms. The lowest BCUT2D eigenvalue weighted by Gasteiger charge is -2.00. The molecule has 0 unspecified atom stereocenters. The second-order valence-corrected chi connectivity index (χ2v) is 2.72. The van der Waals surface area contributed by atoms with Gasteiger partial charge in [0.1, 0.15) is 0 Å². The standard InChI is InChI=1S/C8H13N3O3/c1-2-14-5-3-4-11-6-7(8(12)13)9-10-11/h6H,2-5H2,1H3,(H,12,13). The third-order valence-corrected chi connectivity index (χ3v) is 1.64. The first-order chi connectivity index (χ1) is 6.74. The number of carboxylic acid groups (broad SMARTS) is 1. The van der Waals surface area contributed by atoms with Crippen molar-refractivity contribution in [3.8, 4) is 0 Å². The Labute approximate surface area is 81.5 Å². The zero-order chi connectivity index (χ0) is 10.4. The molecule has 0 bridgehead atoms. The van der Waals surface area contributed by atoms with Gasteiger partial charge in [-0.2, -0.15) is 0 Å². The fourth-order valence-corrected chi connectivity index (χ4v) is 0.979. The Morgan fingerprint density at radius 1 is 1.71 bits per heavy atom.